The van der Waals surface area contributed by atoms with Gasteiger partial charge < -0.3 is 9.42 Å². The second kappa shape index (κ2) is 6.07. The van der Waals surface area contributed by atoms with Gasteiger partial charge >= 0.3 is 0 Å². The summed E-state index contributed by atoms with van der Waals surface area (Å²) >= 11 is 1.43. The van der Waals surface area contributed by atoms with Gasteiger partial charge in [0, 0.05) is 13.1 Å². The molecule has 1 fully saturated rings. The van der Waals surface area contributed by atoms with Crippen molar-refractivity contribution in [2.24, 2.45) is 5.92 Å². The van der Waals surface area contributed by atoms with Crippen LogP contribution in [0.3, 0.4) is 0 Å². The minimum Gasteiger partial charge on any atom is -0.361 e. The molecule has 0 bridgehead atoms. The van der Waals surface area contributed by atoms with E-state index in [1.807, 2.05) is 32.7 Å². The molecule has 6 heteroatoms. The van der Waals surface area contributed by atoms with E-state index in [-0.39, 0.29) is 11.9 Å². The lowest BCUT2D eigenvalue weighted by Gasteiger charge is -2.37. The lowest BCUT2D eigenvalue weighted by Crippen LogP contribution is -2.42. The molecule has 0 saturated heterocycles. The first-order chi connectivity index (χ1) is 10.9. The minimum atomic E-state index is 0.0670. The fourth-order valence-corrected chi connectivity index (χ4v) is 4.27. The van der Waals surface area contributed by atoms with Crippen LogP contribution in [-0.4, -0.2) is 34.0 Å². The molecule has 1 saturated carbocycles. The van der Waals surface area contributed by atoms with Crippen LogP contribution in [0, 0.1) is 26.7 Å². The average molecular weight is 333 g/mol. The number of aromatic nitrogens is 2. The number of rotatable bonds is 4. The Morgan fingerprint density at radius 3 is 2.52 bits per heavy atom. The maximum absolute atomic E-state index is 12.9. The van der Waals surface area contributed by atoms with Gasteiger partial charge in [-0.1, -0.05) is 11.6 Å². The molecule has 1 aliphatic carbocycles. The quantitative estimate of drug-likeness (QED) is 0.849. The summed E-state index contributed by atoms with van der Waals surface area (Å²) in [5.74, 6) is 1.45. The normalized spacial score (nSPS) is 16.2. The van der Waals surface area contributed by atoms with E-state index in [1.54, 1.807) is 0 Å². The van der Waals surface area contributed by atoms with Crippen molar-refractivity contribution in [1.82, 2.24) is 15.0 Å². The fourth-order valence-electron chi connectivity index (χ4n) is 3.07. The van der Waals surface area contributed by atoms with Gasteiger partial charge in [0.1, 0.15) is 15.6 Å². The summed E-state index contributed by atoms with van der Waals surface area (Å²) in [6.07, 6.45) is 3.74. The van der Waals surface area contributed by atoms with Gasteiger partial charge in [0.15, 0.2) is 0 Å². The van der Waals surface area contributed by atoms with Crippen LogP contribution in [0.5, 0.6) is 0 Å². The van der Waals surface area contributed by atoms with Crippen LogP contribution in [0.1, 0.15) is 53.0 Å². The van der Waals surface area contributed by atoms with Crippen molar-refractivity contribution in [2.75, 3.05) is 7.05 Å². The van der Waals surface area contributed by atoms with E-state index in [1.165, 1.54) is 30.6 Å². The highest BCUT2D eigenvalue weighted by Crippen LogP contribution is 2.35. The third kappa shape index (κ3) is 2.80. The molecule has 0 aromatic carbocycles. The summed E-state index contributed by atoms with van der Waals surface area (Å²) in [6, 6.07) is 0.278. The molecule has 0 aliphatic heterocycles. The third-order valence-corrected chi connectivity index (χ3v) is 6.16. The first kappa shape index (κ1) is 16.2. The van der Waals surface area contributed by atoms with Crippen LogP contribution >= 0.6 is 11.3 Å². The standard InChI is InChI=1S/C17H23N3O2S/c1-9-14(12(4)22-19-9)16-18-10(2)15(23-16)17(21)20(5)11(3)13-7-6-8-13/h11,13H,6-8H2,1-5H3. The number of amides is 1. The predicted octanol–water partition coefficient (Wildman–Crippen LogP) is 3.98. The van der Waals surface area contributed by atoms with Crippen molar-refractivity contribution in [3.8, 4) is 10.6 Å². The molecule has 1 atom stereocenters. The van der Waals surface area contributed by atoms with Gasteiger partial charge in [-0.3, -0.25) is 4.79 Å². The Morgan fingerprint density at radius 2 is 2.00 bits per heavy atom. The van der Waals surface area contributed by atoms with Crippen LogP contribution in [-0.2, 0) is 0 Å². The van der Waals surface area contributed by atoms with Crippen molar-refractivity contribution in [2.45, 2.75) is 53.0 Å². The molecular weight excluding hydrogens is 310 g/mol. The van der Waals surface area contributed by atoms with E-state index in [0.29, 0.717) is 10.8 Å². The van der Waals surface area contributed by atoms with E-state index in [0.717, 1.165) is 27.7 Å². The Kier molecular flexibility index (Phi) is 4.27. The molecule has 3 rings (SSSR count). The monoisotopic (exact) mass is 333 g/mol. The van der Waals surface area contributed by atoms with E-state index in [9.17, 15) is 4.79 Å². The van der Waals surface area contributed by atoms with Gasteiger partial charge in [-0.25, -0.2) is 4.98 Å². The van der Waals surface area contributed by atoms with Crippen molar-refractivity contribution < 1.29 is 9.32 Å². The highest BCUT2D eigenvalue weighted by Gasteiger charge is 2.31. The third-order valence-electron chi connectivity index (χ3n) is 5.00. The molecule has 2 aromatic rings. The van der Waals surface area contributed by atoms with Crippen LogP contribution in [0.15, 0.2) is 4.52 Å². The van der Waals surface area contributed by atoms with Crippen LogP contribution < -0.4 is 0 Å². The molecule has 1 unspecified atom stereocenters. The fraction of sp³-hybridized carbons (Fsp3) is 0.588. The largest absolute Gasteiger partial charge is 0.361 e. The number of nitrogens with zero attached hydrogens (tertiary/aromatic N) is 3. The van der Waals surface area contributed by atoms with Gasteiger partial charge in [-0.2, -0.15) is 0 Å². The van der Waals surface area contributed by atoms with E-state index >= 15 is 0 Å². The number of aryl methyl sites for hydroxylation is 3. The average Bonchev–Trinajstić information content (AvgIpc) is 2.98. The van der Waals surface area contributed by atoms with E-state index in [2.05, 4.69) is 17.1 Å². The highest BCUT2D eigenvalue weighted by atomic mass is 32.1. The van der Waals surface area contributed by atoms with Gasteiger partial charge in [-0.05, 0) is 46.5 Å². The Hall–Kier alpha value is -1.69. The smallest absolute Gasteiger partial charge is 0.265 e. The first-order valence-corrected chi connectivity index (χ1v) is 8.89. The minimum absolute atomic E-state index is 0.0670. The van der Waals surface area contributed by atoms with Gasteiger partial charge in [0.2, 0.25) is 0 Å². The van der Waals surface area contributed by atoms with Crippen molar-refractivity contribution in [3.05, 3.63) is 22.0 Å². The maximum atomic E-state index is 12.9. The molecule has 5 nitrogen and oxygen atoms in total. The lowest BCUT2D eigenvalue weighted by atomic mass is 9.80. The zero-order valence-electron chi connectivity index (χ0n) is 14.3. The molecule has 0 N–H and O–H groups in total. The Balaban J connectivity index is 1.87. The van der Waals surface area contributed by atoms with E-state index in [4.69, 9.17) is 4.52 Å². The molecule has 1 amide bonds. The number of carbonyl (C=O) groups is 1. The molecule has 0 spiro atoms. The van der Waals surface area contributed by atoms with E-state index < -0.39 is 0 Å². The molecule has 2 aromatic heterocycles. The predicted molar refractivity (Wildman–Crippen MR) is 90.7 cm³/mol. The highest BCUT2D eigenvalue weighted by molar-refractivity contribution is 7.17. The summed E-state index contributed by atoms with van der Waals surface area (Å²) in [6.45, 7) is 7.81. The summed E-state index contributed by atoms with van der Waals surface area (Å²) in [7, 11) is 1.90. The molecule has 2 heterocycles. The van der Waals surface area contributed by atoms with Gasteiger partial charge in [-0.15, -0.1) is 11.3 Å². The van der Waals surface area contributed by atoms with Crippen LogP contribution in [0.2, 0.25) is 0 Å². The number of hydrogen-bond acceptors (Lipinski definition) is 5. The summed E-state index contributed by atoms with van der Waals surface area (Å²) in [5.41, 5.74) is 2.50. The number of hydrogen-bond donors (Lipinski definition) is 0. The summed E-state index contributed by atoms with van der Waals surface area (Å²) in [4.78, 5) is 20.0. The van der Waals surface area contributed by atoms with Crippen molar-refractivity contribution >= 4 is 17.2 Å². The lowest BCUT2D eigenvalue weighted by molar-refractivity contribution is 0.0633. The number of carbonyl (C=O) groups excluding carboxylic acids is 1. The molecule has 0 radical (unpaired) electrons. The Bertz CT molecular complexity index is 711. The Labute approximate surface area is 140 Å². The second-order valence-electron chi connectivity index (χ2n) is 6.48. The van der Waals surface area contributed by atoms with Gasteiger partial charge in [0.05, 0.1) is 17.0 Å². The second-order valence-corrected chi connectivity index (χ2v) is 7.48. The van der Waals surface area contributed by atoms with Crippen LogP contribution in [0.4, 0.5) is 0 Å². The molecule has 1 aliphatic rings. The van der Waals surface area contributed by atoms with Crippen molar-refractivity contribution in [3.63, 3.8) is 0 Å². The van der Waals surface area contributed by atoms with Crippen LogP contribution in [0.25, 0.3) is 10.6 Å². The Morgan fingerprint density at radius 1 is 1.30 bits per heavy atom. The zero-order valence-corrected chi connectivity index (χ0v) is 15.2. The summed E-state index contributed by atoms with van der Waals surface area (Å²) < 4.78 is 5.22. The molecule has 124 valence electrons. The molecule has 23 heavy (non-hydrogen) atoms. The summed E-state index contributed by atoms with van der Waals surface area (Å²) in [5, 5.41) is 4.79. The SMILES string of the molecule is Cc1nc(-c2c(C)noc2C)sc1C(=O)N(C)C(C)C1CCC1. The first-order valence-electron chi connectivity index (χ1n) is 8.08. The molecular formula is C17H23N3O2S. The maximum Gasteiger partial charge on any atom is 0.265 e. The number of thiazole rings is 1. The topological polar surface area (TPSA) is 59.2 Å². The van der Waals surface area contributed by atoms with Gasteiger partial charge in [0.25, 0.3) is 5.91 Å². The zero-order chi connectivity index (χ0) is 16.7. The van der Waals surface area contributed by atoms with Crippen molar-refractivity contribution in [1.29, 1.82) is 0 Å².